The van der Waals surface area contributed by atoms with Gasteiger partial charge in [-0.05, 0) is 61.1 Å². The maximum Gasteiger partial charge on any atom is 0.306 e. The molecule has 0 spiro atoms. The Morgan fingerprint density at radius 2 is 1.38 bits per heavy atom. The zero-order valence-corrected chi connectivity index (χ0v) is 14.9. The molecule has 2 rings (SSSR count). The Kier molecular flexibility index (Phi) is 7.04. The molecule has 0 aliphatic heterocycles. The summed E-state index contributed by atoms with van der Waals surface area (Å²) >= 11 is 5.94. The molecule has 0 amide bonds. The molecule has 2 aromatic rings. The lowest BCUT2D eigenvalue weighted by molar-refractivity contribution is -0.145. The van der Waals surface area contributed by atoms with E-state index in [1.54, 1.807) is 30.3 Å². The van der Waals surface area contributed by atoms with Crippen LogP contribution in [-0.4, -0.2) is 27.3 Å². The van der Waals surface area contributed by atoms with Gasteiger partial charge in [0, 0.05) is 5.02 Å². The molecule has 0 aromatic heterocycles. The van der Waals surface area contributed by atoms with Crippen molar-refractivity contribution in [2.45, 2.75) is 25.7 Å². The fourth-order valence-corrected chi connectivity index (χ4v) is 3.11. The predicted octanol–water partition coefficient (Wildman–Crippen LogP) is 4.01. The average molecular weight is 377 g/mol. The van der Waals surface area contributed by atoms with E-state index in [2.05, 4.69) is 0 Å². The van der Waals surface area contributed by atoms with E-state index in [1.165, 1.54) is 12.1 Å². The van der Waals surface area contributed by atoms with Crippen molar-refractivity contribution in [1.82, 2.24) is 0 Å². The summed E-state index contributed by atoms with van der Waals surface area (Å²) in [5.74, 6) is -3.13. The van der Waals surface area contributed by atoms with E-state index in [9.17, 15) is 24.9 Å². The first-order valence-corrected chi connectivity index (χ1v) is 8.71. The lowest BCUT2D eigenvalue weighted by Gasteiger charge is -2.17. The van der Waals surface area contributed by atoms with Crippen molar-refractivity contribution >= 4 is 23.5 Å². The Morgan fingerprint density at radius 3 is 1.88 bits per heavy atom. The summed E-state index contributed by atoms with van der Waals surface area (Å²) in [5.41, 5.74) is 1.60. The molecule has 5 nitrogen and oxygen atoms in total. The summed E-state index contributed by atoms with van der Waals surface area (Å²) in [6.45, 7) is 0. The SMILES string of the molecule is O=C(O)C(CCC(Cc1cccc(Cl)c1)C(=O)O)Cc1ccc(O)cc1. The van der Waals surface area contributed by atoms with E-state index < -0.39 is 23.8 Å². The van der Waals surface area contributed by atoms with Gasteiger partial charge in [0.1, 0.15) is 5.75 Å². The van der Waals surface area contributed by atoms with Gasteiger partial charge in [-0.3, -0.25) is 9.59 Å². The van der Waals surface area contributed by atoms with Crippen LogP contribution in [0.5, 0.6) is 5.75 Å². The Labute approximate surface area is 156 Å². The molecule has 0 radical (unpaired) electrons. The molecule has 0 saturated carbocycles. The fourth-order valence-electron chi connectivity index (χ4n) is 2.89. The summed E-state index contributed by atoms with van der Waals surface area (Å²) in [5, 5.41) is 28.8. The van der Waals surface area contributed by atoms with Gasteiger partial charge in [-0.2, -0.15) is 0 Å². The standard InChI is InChI=1S/C20H21ClO5/c21-17-3-1-2-14(12-17)11-16(20(25)26)7-6-15(19(23)24)10-13-4-8-18(22)9-5-13/h1-5,8-9,12,15-16,22H,6-7,10-11H2,(H,23,24)(H,25,26). The van der Waals surface area contributed by atoms with E-state index >= 15 is 0 Å². The lowest BCUT2D eigenvalue weighted by atomic mass is 9.88. The molecule has 3 N–H and O–H groups in total. The van der Waals surface area contributed by atoms with Crippen molar-refractivity contribution in [3.05, 3.63) is 64.7 Å². The minimum absolute atomic E-state index is 0.119. The van der Waals surface area contributed by atoms with Crippen LogP contribution < -0.4 is 0 Å². The molecule has 2 unspecified atom stereocenters. The molecule has 6 heteroatoms. The maximum atomic E-state index is 11.6. The second kappa shape index (κ2) is 9.25. The van der Waals surface area contributed by atoms with Gasteiger partial charge < -0.3 is 15.3 Å². The van der Waals surface area contributed by atoms with Crippen LogP contribution in [0.25, 0.3) is 0 Å². The van der Waals surface area contributed by atoms with Gasteiger partial charge in [-0.15, -0.1) is 0 Å². The number of carboxylic acids is 2. The third kappa shape index (κ3) is 6.08. The molecule has 2 atom stereocenters. The van der Waals surface area contributed by atoms with E-state index in [0.717, 1.165) is 11.1 Å². The Bertz CT molecular complexity index is 757. The number of carbonyl (C=O) groups is 2. The van der Waals surface area contributed by atoms with Crippen LogP contribution in [0.2, 0.25) is 5.02 Å². The third-order valence-corrected chi connectivity index (χ3v) is 4.59. The fraction of sp³-hybridized carbons (Fsp3) is 0.300. The summed E-state index contributed by atoms with van der Waals surface area (Å²) in [4.78, 5) is 23.1. The van der Waals surface area contributed by atoms with E-state index in [-0.39, 0.29) is 18.6 Å². The number of aromatic hydroxyl groups is 1. The van der Waals surface area contributed by atoms with Gasteiger partial charge in [0.2, 0.25) is 0 Å². The Balaban J connectivity index is 2.01. The summed E-state index contributed by atoms with van der Waals surface area (Å²) in [6.07, 6.45) is 1.12. The number of hydrogen-bond acceptors (Lipinski definition) is 3. The van der Waals surface area contributed by atoms with Crippen molar-refractivity contribution in [3.8, 4) is 5.75 Å². The molecule has 26 heavy (non-hydrogen) atoms. The quantitative estimate of drug-likeness (QED) is 0.614. The van der Waals surface area contributed by atoms with Crippen LogP contribution in [0.3, 0.4) is 0 Å². The van der Waals surface area contributed by atoms with Gasteiger partial charge in [-0.25, -0.2) is 0 Å². The number of phenolic OH excluding ortho intramolecular Hbond substituents is 1. The zero-order valence-electron chi connectivity index (χ0n) is 14.1. The largest absolute Gasteiger partial charge is 0.508 e. The molecular weight excluding hydrogens is 356 g/mol. The van der Waals surface area contributed by atoms with Gasteiger partial charge in [-0.1, -0.05) is 35.9 Å². The summed E-state index contributed by atoms with van der Waals surface area (Å²) < 4.78 is 0. The number of benzene rings is 2. The Hall–Kier alpha value is -2.53. The molecule has 0 heterocycles. The normalized spacial score (nSPS) is 13.1. The maximum absolute atomic E-state index is 11.6. The highest BCUT2D eigenvalue weighted by Crippen LogP contribution is 2.23. The second-order valence-electron chi connectivity index (χ2n) is 6.35. The number of hydrogen-bond donors (Lipinski definition) is 3. The molecule has 138 valence electrons. The molecule has 0 fully saturated rings. The van der Waals surface area contributed by atoms with Crippen molar-refractivity contribution in [2.75, 3.05) is 0 Å². The lowest BCUT2D eigenvalue weighted by Crippen LogP contribution is -2.22. The van der Waals surface area contributed by atoms with Gasteiger partial charge >= 0.3 is 11.9 Å². The first-order chi connectivity index (χ1) is 12.3. The zero-order chi connectivity index (χ0) is 19.1. The number of halogens is 1. The highest BCUT2D eigenvalue weighted by molar-refractivity contribution is 6.30. The minimum Gasteiger partial charge on any atom is -0.508 e. The number of rotatable bonds is 9. The van der Waals surface area contributed by atoms with Crippen molar-refractivity contribution in [3.63, 3.8) is 0 Å². The van der Waals surface area contributed by atoms with Crippen LogP contribution in [0.15, 0.2) is 48.5 Å². The Morgan fingerprint density at radius 1 is 0.846 bits per heavy atom. The number of carboxylic acid groups (broad SMARTS) is 2. The molecule has 0 saturated heterocycles. The monoisotopic (exact) mass is 376 g/mol. The predicted molar refractivity (Wildman–Crippen MR) is 98.5 cm³/mol. The molecule has 0 bridgehead atoms. The summed E-state index contributed by atoms with van der Waals surface area (Å²) in [6, 6.07) is 13.4. The second-order valence-corrected chi connectivity index (χ2v) is 6.79. The van der Waals surface area contributed by atoms with Gasteiger partial charge in [0.25, 0.3) is 0 Å². The van der Waals surface area contributed by atoms with Crippen molar-refractivity contribution in [1.29, 1.82) is 0 Å². The number of aliphatic carboxylic acids is 2. The van der Waals surface area contributed by atoms with Crippen molar-refractivity contribution < 1.29 is 24.9 Å². The topological polar surface area (TPSA) is 94.8 Å². The summed E-state index contributed by atoms with van der Waals surface area (Å²) in [7, 11) is 0. The van der Waals surface area contributed by atoms with E-state index in [0.29, 0.717) is 17.9 Å². The number of phenols is 1. The van der Waals surface area contributed by atoms with Gasteiger partial charge in [0.05, 0.1) is 11.8 Å². The minimum atomic E-state index is -0.954. The van der Waals surface area contributed by atoms with Crippen LogP contribution in [0, 0.1) is 11.8 Å². The highest BCUT2D eigenvalue weighted by Gasteiger charge is 2.24. The van der Waals surface area contributed by atoms with E-state index in [1.807, 2.05) is 6.07 Å². The first kappa shape index (κ1) is 19.8. The first-order valence-electron chi connectivity index (χ1n) is 8.33. The molecular formula is C20H21ClO5. The van der Waals surface area contributed by atoms with Crippen LogP contribution >= 0.6 is 11.6 Å². The van der Waals surface area contributed by atoms with E-state index in [4.69, 9.17) is 11.6 Å². The molecule has 0 aliphatic rings. The van der Waals surface area contributed by atoms with Crippen molar-refractivity contribution in [2.24, 2.45) is 11.8 Å². The van der Waals surface area contributed by atoms with Crippen LogP contribution in [0.1, 0.15) is 24.0 Å². The van der Waals surface area contributed by atoms with Gasteiger partial charge in [0.15, 0.2) is 0 Å². The smallest absolute Gasteiger partial charge is 0.306 e. The third-order valence-electron chi connectivity index (χ3n) is 4.35. The molecule has 0 aliphatic carbocycles. The van der Waals surface area contributed by atoms with Crippen LogP contribution in [-0.2, 0) is 22.4 Å². The highest BCUT2D eigenvalue weighted by atomic mass is 35.5. The molecule has 2 aromatic carbocycles. The average Bonchev–Trinajstić information content (AvgIpc) is 2.58. The van der Waals surface area contributed by atoms with Crippen LogP contribution in [0.4, 0.5) is 0 Å².